The van der Waals surface area contributed by atoms with E-state index in [4.69, 9.17) is 0 Å². The molecule has 0 atom stereocenters. The van der Waals surface area contributed by atoms with Crippen molar-refractivity contribution < 1.29 is 0 Å². The topological polar surface area (TPSA) is 0 Å². The molecule has 0 amide bonds. The maximum absolute atomic E-state index is 2.39. The van der Waals surface area contributed by atoms with E-state index in [-0.39, 0.29) is 26.0 Å². The first-order valence-electron chi connectivity index (χ1n) is 5.53. The molecule has 1 aromatic carbocycles. The van der Waals surface area contributed by atoms with Crippen molar-refractivity contribution in [2.45, 2.75) is 45.9 Å². The van der Waals surface area contributed by atoms with Gasteiger partial charge in [-0.05, 0) is 0 Å². The molecule has 84 valence electrons. The van der Waals surface area contributed by atoms with E-state index >= 15 is 0 Å². The Hall–Kier alpha value is 0.440. The monoisotopic (exact) mass is 338 g/mol. The van der Waals surface area contributed by atoms with Crippen LogP contribution in [0.4, 0.5) is 0 Å². The molecule has 0 aliphatic rings. The molecule has 0 radical (unpaired) electrons. The summed E-state index contributed by atoms with van der Waals surface area (Å²) in [5, 5.41) is 0. The van der Waals surface area contributed by atoms with E-state index in [2.05, 4.69) is 58.9 Å². The molecule has 2 heteroatoms. The summed E-state index contributed by atoms with van der Waals surface area (Å²) in [6, 6.07) is 9.21. The van der Waals surface area contributed by atoms with Crippen molar-refractivity contribution in [3.05, 3.63) is 29.8 Å². The van der Waals surface area contributed by atoms with Crippen molar-refractivity contribution in [1.82, 2.24) is 0 Å². The molecular formula is C13H21PTe. The molecule has 1 rings (SSSR count). The Balaban J connectivity index is 2.70. The van der Waals surface area contributed by atoms with Crippen molar-refractivity contribution in [2.24, 2.45) is 0 Å². The second kappa shape index (κ2) is 6.24. The average Bonchev–Trinajstić information content (AvgIpc) is 2.15. The summed E-state index contributed by atoms with van der Waals surface area (Å²) in [5.41, 5.74) is 3.43. The van der Waals surface area contributed by atoms with Crippen molar-refractivity contribution in [3.8, 4) is 0 Å². The normalized spacial score (nSPS) is 11.7. The molecule has 0 aliphatic heterocycles. The van der Waals surface area contributed by atoms with Crippen LogP contribution in [0.3, 0.4) is 0 Å². The Labute approximate surface area is 105 Å². The summed E-state index contributed by atoms with van der Waals surface area (Å²) in [4.78, 5) is 0. The van der Waals surface area contributed by atoms with Crippen LogP contribution in [-0.4, -0.2) is 31.7 Å². The third-order valence-corrected chi connectivity index (χ3v) is 16.3. The summed E-state index contributed by atoms with van der Waals surface area (Å²) >= 11 is 0.0413. The van der Waals surface area contributed by atoms with Crippen LogP contribution in [0.2, 0.25) is 0 Å². The van der Waals surface area contributed by atoms with E-state index in [1.165, 1.54) is 5.56 Å². The first-order chi connectivity index (χ1) is 7.00. The summed E-state index contributed by atoms with van der Waals surface area (Å²) in [6.45, 7) is 11.7. The van der Waals surface area contributed by atoms with Gasteiger partial charge in [-0.25, -0.2) is 0 Å². The van der Waals surface area contributed by atoms with Crippen LogP contribution >= 0.6 is 5.61 Å². The van der Waals surface area contributed by atoms with Crippen LogP contribution < -0.4 is 3.61 Å². The van der Waals surface area contributed by atoms with Crippen molar-refractivity contribution in [1.29, 1.82) is 0 Å². The van der Waals surface area contributed by atoms with E-state index in [9.17, 15) is 0 Å². The molecule has 0 spiro atoms. The Morgan fingerprint density at radius 2 is 1.40 bits per heavy atom. The zero-order valence-electron chi connectivity index (χ0n) is 10.3. The standard InChI is InChI=1S/C13H21PTe/c1-10(2)14(11(3)4)15-13-8-6-12(5)7-9-13/h6-11H,1-5H3. The quantitative estimate of drug-likeness (QED) is 0.583. The molecule has 0 N–H and O–H groups in total. The van der Waals surface area contributed by atoms with Crippen molar-refractivity contribution >= 4 is 29.6 Å². The molecule has 0 nitrogen and oxygen atoms in total. The number of hydrogen-bond donors (Lipinski definition) is 0. The molecule has 0 aliphatic carbocycles. The van der Waals surface area contributed by atoms with Gasteiger partial charge in [-0.1, -0.05) is 0 Å². The number of hydrogen-bond acceptors (Lipinski definition) is 0. The second-order valence-electron chi connectivity index (χ2n) is 4.45. The molecule has 0 bridgehead atoms. The van der Waals surface area contributed by atoms with Crippen LogP contribution in [0.15, 0.2) is 24.3 Å². The van der Waals surface area contributed by atoms with E-state index < -0.39 is 0 Å². The van der Waals surface area contributed by atoms with Gasteiger partial charge in [0.2, 0.25) is 0 Å². The SMILES string of the molecule is Cc1ccc([Te]P(C(C)C)C(C)C)cc1. The van der Waals surface area contributed by atoms with Crippen LogP contribution in [0, 0.1) is 6.92 Å². The van der Waals surface area contributed by atoms with Crippen molar-refractivity contribution in [3.63, 3.8) is 0 Å². The molecule has 0 saturated heterocycles. The summed E-state index contributed by atoms with van der Waals surface area (Å²) < 4.78 is 1.64. The van der Waals surface area contributed by atoms with Crippen LogP contribution in [0.1, 0.15) is 33.3 Å². The number of aryl methyl sites for hydroxylation is 1. The zero-order chi connectivity index (χ0) is 11.4. The van der Waals surface area contributed by atoms with Gasteiger partial charge in [0.1, 0.15) is 0 Å². The minimum absolute atomic E-state index is 0.0413. The van der Waals surface area contributed by atoms with E-state index in [1.54, 1.807) is 3.61 Å². The molecule has 0 saturated carbocycles. The van der Waals surface area contributed by atoms with Crippen molar-refractivity contribution in [2.75, 3.05) is 0 Å². The zero-order valence-corrected chi connectivity index (χ0v) is 13.5. The molecular weight excluding hydrogens is 315 g/mol. The molecule has 0 aromatic heterocycles. The molecule has 1 aromatic rings. The summed E-state index contributed by atoms with van der Waals surface area (Å²) in [7, 11) is 0. The molecule has 15 heavy (non-hydrogen) atoms. The fraction of sp³-hybridized carbons (Fsp3) is 0.538. The third kappa shape index (κ3) is 4.44. The summed E-state index contributed by atoms with van der Waals surface area (Å²) in [6.07, 6.45) is 0. The van der Waals surface area contributed by atoms with Crippen LogP contribution in [-0.2, 0) is 0 Å². The van der Waals surface area contributed by atoms with E-state index in [0.717, 1.165) is 11.3 Å². The summed E-state index contributed by atoms with van der Waals surface area (Å²) in [5.74, 6) is 0. The average molecular weight is 336 g/mol. The van der Waals surface area contributed by atoms with Gasteiger partial charge in [0.25, 0.3) is 0 Å². The Morgan fingerprint density at radius 1 is 0.933 bits per heavy atom. The Morgan fingerprint density at radius 3 is 1.80 bits per heavy atom. The van der Waals surface area contributed by atoms with Gasteiger partial charge in [0.05, 0.1) is 0 Å². The fourth-order valence-corrected chi connectivity index (χ4v) is 10.6. The van der Waals surface area contributed by atoms with Gasteiger partial charge in [-0.15, -0.1) is 0 Å². The molecule has 0 unspecified atom stereocenters. The van der Waals surface area contributed by atoms with Gasteiger partial charge in [-0.3, -0.25) is 0 Å². The van der Waals surface area contributed by atoms with Gasteiger partial charge < -0.3 is 0 Å². The first-order valence-corrected chi connectivity index (χ1v) is 11.2. The van der Waals surface area contributed by atoms with Crippen LogP contribution in [0.25, 0.3) is 0 Å². The van der Waals surface area contributed by atoms with Gasteiger partial charge in [0, 0.05) is 0 Å². The predicted molar refractivity (Wildman–Crippen MR) is 73.8 cm³/mol. The maximum atomic E-state index is 2.39. The third-order valence-electron chi connectivity index (χ3n) is 2.25. The second-order valence-corrected chi connectivity index (χ2v) is 13.9. The molecule has 0 heterocycles. The minimum atomic E-state index is 0.0413. The first kappa shape index (κ1) is 13.5. The number of benzene rings is 1. The fourth-order valence-electron chi connectivity index (χ4n) is 1.53. The van der Waals surface area contributed by atoms with Gasteiger partial charge >= 0.3 is 105 Å². The predicted octanol–water partition coefficient (Wildman–Crippen LogP) is 3.54. The van der Waals surface area contributed by atoms with Gasteiger partial charge in [-0.2, -0.15) is 0 Å². The Kier molecular flexibility index (Phi) is 5.62. The van der Waals surface area contributed by atoms with Gasteiger partial charge in [0.15, 0.2) is 0 Å². The van der Waals surface area contributed by atoms with E-state index in [0.29, 0.717) is 0 Å². The Bertz CT molecular complexity index is 282. The number of rotatable bonds is 4. The molecule has 0 fully saturated rings. The van der Waals surface area contributed by atoms with Crippen LogP contribution in [0.5, 0.6) is 0 Å². The van der Waals surface area contributed by atoms with E-state index in [1.807, 2.05) is 0 Å².